The third-order valence-corrected chi connectivity index (χ3v) is 10.6. The second kappa shape index (κ2) is 18.6. The van der Waals surface area contributed by atoms with Gasteiger partial charge in [-0.3, -0.25) is 15.0 Å². The molecule has 294 valence electrons. The predicted octanol–water partition coefficient (Wildman–Crippen LogP) is 9.27. The minimum absolute atomic E-state index is 0.286. The highest BCUT2D eigenvalue weighted by atomic mass is 35.5. The first-order valence-corrected chi connectivity index (χ1v) is 19.6. The summed E-state index contributed by atoms with van der Waals surface area (Å²) in [7, 11) is 0. The molecule has 0 saturated heterocycles. The maximum Gasteiger partial charge on any atom is 0.126 e. The Hall–Kier alpha value is -6.47. The summed E-state index contributed by atoms with van der Waals surface area (Å²) in [6, 6.07) is 19.3. The van der Waals surface area contributed by atoms with Gasteiger partial charge in [-0.25, -0.2) is 4.39 Å². The van der Waals surface area contributed by atoms with Gasteiger partial charge in [0.05, 0.1) is 17.1 Å². The molecule has 0 amide bonds. The molecular formula is C44H44ClFN12. The lowest BCUT2D eigenvalue weighted by molar-refractivity contribution is 0.520. The second-order valence-corrected chi connectivity index (χ2v) is 14.7. The van der Waals surface area contributed by atoms with Gasteiger partial charge < -0.3 is 0 Å². The zero-order valence-electron chi connectivity index (χ0n) is 32.8. The summed E-state index contributed by atoms with van der Waals surface area (Å²) >= 11 is 5.94. The molecule has 0 fully saturated rings. The Balaban J connectivity index is 0.000000138. The van der Waals surface area contributed by atoms with Crippen LogP contribution in [0, 0.1) is 33.5 Å². The van der Waals surface area contributed by atoms with E-state index in [4.69, 9.17) is 11.6 Å². The molecule has 1 aliphatic carbocycles. The Kier molecular flexibility index (Phi) is 12.8. The number of rotatable bonds is 8. The van der Waals surface area contributed by atoms with E-state index in [1.807, 2.05) is 58.4 Å². The molecule has 0 spiro atoms. The SMILES string of the molecule is Cc1cnccc1-c1n[nH]nc1C.Cc1n[nH]nc1-c1ccncc1CCC1CCCc2ccccc21.Cc1n[nH]nc1-c1ccncc1Cc1cc(Cl)ccc1F. The van der Waals surface area contributed by atoms with E-state index in [2.05, 4.69) is 91.5 Å². The number of fused-ring (bicyclic) bond motifs is 1. The van der Waals surface area contributed by atoms with Crippen LogP contribution in [-0.2, 0) is 19.3 Å². The van der Waals surface area contributed by atoms with Gasteiger partial charge in [0, 0.05) is 65.3 Å². The number of aromatic nitrogens is 12. The number of H-pyrrole nitrogens is 3. The Labute approximate surface area is 341 Å². The first-order chi connectivity index (χ1) is 28.3. The van der Waals surface area contributed by atoms with Crippen molar-refractivity contribution in [1.82, 2.24) is 61.2 Å². The van der Waals surface area contributed by atoms with E-state index >= 15 is 0 Å². The summed E-state index contributed by atoms with van der Waals surface area (Å²) in [4.78, 5) is 12.5. The van der Waals surface area contributed by atoms with E-state index in [0.29, 0.717) is 22.9 Å². The van der Waals surface area contributed by atoms with Crippen LogP contribution in [0.3, 0.4) is 0 Å². The average Bonchev–Trinajstić information content (AvgIpc) is 4.00. The molecule has 0 radical (unpaired) electrons. The predicted molar refractivity (Wildman–Crippen MR) is 222 cm³/mol. The van der Waals surface area contributed by atoms with Gasteiger partial charge in [0.1, 0.15) is 22.9 Å². The van der Waals surface area contributed by atoms with Crippen LogP contribution in [0.1, 0.15) is 75.6 Å². The van der Waals surface area contributed by atoms with Crippen LogP contribution >= 0.6 is 11.6 Å². The normalized spacial score (nSPS) is 13.2. The van der Waals surface area contributed by atoms with Crippen molar-refractivity contribution < 1.29 is 4.39 Å². The second-order valence-electron chi connectivity index (χ2n) is 14.3. The number of hydrogen-bond acceptors (Lipinski definition) is 9. The van der Waals surface area contributed by atoms with Crippen molar-refractivity contribution in [2.75, 3.05) is 0 Å². The molecule has 1 unspecified atom stereocenters. The standard InChI is InChI=1S/C20H22N4.C15H12ClFN4.C9H10N4/c1-14-20(23-24-22-14)19-11-12-21-13-17(19)10-9-16-7-4-6-15-5-2-3-8-18(15)16;1-9-15(20-21-19-9)13-4-5-18-8-11(13)6-10-7-12(16)2-3-14(10)17;1-6-5-10-4-3-8(6)9-7(2)11-13-12-9/h2-3,5,8,11-13,16H,4,6-7,9-10H2,1H3,(H,22,23,24);2-5,7-8H,6H2,1H3,(H,19,20,21);3-5H,1-2H3,(H,11,12,13). The number of aromatic amines is 3. The van der Waals surface area contributed by atoms with Gasteiger partial charge >= 0.3 is 0 Å². The molecule has 0 aliphatic heterocycles. The van der Waals surface area contributed by atoms with Gasteiger partial charge in [-0.05, 0) is 135 Å². The van der Waals surface area contributed by atoms with Crippen LogP contribution < -0.4 is 0 Å². The van der Waals surface area contributed by atoms with Crippen molar-refractivity contribution in [3.63, 3.8) is 0 Å². The topological polar surface area (TPSA) is 163 Å². The molecule has 8 aromatic rings. The minimum atomic E-state index is -0.286. The van der Waals surface area contributed by atoms with Crippen molar-refractivity contribution in [1.29, 1.82) is 0 Å². The highest BCUT2D eigenvalue weighted by molar-refractivity contribution is 6.30. The zero-order chi connectivity index (χ0) is 40.4. The van der Waals surface area contributed by atoms with Crippen LogP contribution in [-0.4, -0.2) is 61.2 Å². The van der Waals surface area contributed by atoms with Crippen molar-refractivity contribution in [2.24, 2.45) is 0 Å². The molecule has 12 nitrogen and oxygen atoms in total. The van der Waals surface area contributed by atoms with Crippen molar-refractivity contribution in [3.8, 4) is 33.8 Å². The van der Waals surface area contributed by atoms with Gasteiger partial charge in [-0.1, -0.05) is 35.9 Å². The molecular weight excluding hydrogens is 751 g/mol. The summed E-state index contributed by atoms with van der Waals surface area (Å²) in [5, 5.41) is 33.1. The molecule has 0 saturated carbocycles. The highest BCUT2D eigenvalue weighted by Gasteiger charge is 2.21. The number of nitrogens with zero attached hydrogens (tertiary/aromatic N) is 9. The molecule has 6 aromatic heterocycles. The lowest BCUT2D eigenvalue weighted by Crippen LogP contribution is -2.10. The molecule has 2 aromatic carbocycles. The fourth-order valence-corrected chi connectivity index (χ4v) is 7.58. The van der Waals surface area contributed by atoms with Crippen LogP contribution in [0.4, 0.5) is 4.39 Å². The molecule has 0 bridgehead atoms. The average molecular weight is 795 g/mol. The van der Waals surface area contributed by atoms with Crippen molar-refractivity contribution in [2.45, 2.75) is 72.1 Å². The van der Waals surface area contributed by atoms with Gasteiger partial charge in [-0.15, -0.1) is 0 Å². The van der Waals surface area contributed by atoms with Gasteiger partial charge in [-0.2, -0.15) is 46.2 Å². The number of halogens is 2. The fraction of sp³-hybridized carbons (Fsp3) is 0.250. The quantitative estimate of drug-likeness (QED) is 0.136. The summed E-state index contributed by atoms with van der Waals surface area (Å²) in [6.07, 6.45) is 17.2. The summed E-state index contributed by atoms with van der Waals surface area (Å²) in [5.74, 6) is 0.368. The van der Waals surface area contributed by atoms with E-state index < -0.39 is 0 Å². The highest BCUT2D eigenvalue weighted by Crippen LogP contribution is 2.36. The van der Waals surface area contributed by atoms with Crippen LogP contribution in [0.15, 0.2) is 97.8 Å². The van der Waals surface area contributed by atoms with Crippen LogP contribution in [0.25, 0.3) is 33.8 Å². The van der Waals surface area contributed by atoms with Crippen LogP contribution in [0.2, 0.25) is 5.02 Å². The van der Waals surface area contributed by atoms with Gasteiger partial charge in [0.25, 0.3) is 0 Å². The maximum atomic E-state index is 13.9. The number of aryl methyl sites for hydroxylation is 6. The molecule has 3 N–H and O–H groups in total. The van der Waals surface area contributed by atoms with Crippen LogP contribution in [0.5, 0.6) is 0 Å². The summed E-state index contributed by atoms with van der Waals surface area (Å²) in [5.41, 5.74) is 15.2. The largest absolute Gasteiger partial charge is 0.264 e. The third-order valence-electron chi connectivity index (χ3n) is 10.4. The van der Waals surface area contributed by atoms with E-state index in [0.717, 1.165) is 74.8 Å². The number of hydrogen-bond donors (Lipinski definition) is 3. The van der Waals surface area contributed by atoms with Crippen molar-refractivity contribution in [3.05, 3.63) is 159 Å². The van der Waals surface area contributed by atoms with Gasteiger partial charge in [0.2, 0.25) is 0 Å². The maximum absolute atomic E-state index is 13.9. The van der Waals surface area contributed by atoms with Crippen molar-refractivity contribution >= 4 is 11.6 Å². The Morgan fingerprint density at radius 1 is 0.638 bits per heavy atom. The lowest BCUT2D eigenvalue weighted by atomic mass is 9.80. The Morgan fingerprint density at radius 2 is 1.21 bits per heavy atom. The monoisotopic (exact) mass is 794 g/mol. The molecule has 6 heterocycles. The molecule has 1 aliphatic rings. The number of pyridine rings is 3. The van der Waals surface area contributed by atoms with E-state index in [1.165, 1.54) is 42.5 Å². The van der Waals surface area contributed by atoms with E-state index in [1.54, 1.807) is 30.2 Å². The minimum Gasteiger partial charge on any atom is -0.264 e. The molecule has 58 heavy (non-hydrogen) atoms. The fourth-order valence-electron chi connectivity index (χ4n) is 7.38. The van der Waals surface area contributed by atoms with E-state index in [9.17, 15) is 4.39 Å². The molecule has 9 rings (SSSR count). The Bertz CT molecular complexity index is 2600. The van der Waals surface area contributed by atoms with Gasteiger partial charge in [0.15, 0.2) is 0 Å². The first kappa shape index (κ1) is 39.8. The number of nitrogens with one attached hydrogen (secondary N) is 3. The third kappa shape index (κ3) is 9.38. The molecule has 14 heteroatoms. The zero-order valence-corrected chi connectivity index (χ0v) is 33.6. The van der Waals surface area contributed by atoms with E-state index in [-0.39, 0.29) is 5.82 Å². The number of benzene rings is 2. The lowest BCUT2D eigenvalue weighted by Gasteiger charge is -2.25. The summed E-state index contributed by atoms with van der Waals surface area (Å²) < 4.78 is 13.9. The Morgan fingerprint density at radius 3 is 1.83 bits per heavy atom. The molecule has 1 atom stereocenters. The summed E-state index contributed by atoms with van der Waals surface area (Å²) in [6.45, 7) is 7.79. The first-order valence-electron chi connectivity index (χ1n) is 19.2. The smallest absolute Gasteiger partial charge is 0.126 e.